The van der Waals surface area contributed by atoms with E-state index in [4.69, 9.17) is 23.2 Å². The third-order valence-corrected chi connectivity index (χ3v) is 5.80. The van der Waals surface area contributed by atoms with Gasteiger partial charge in [-0.3, -0.25) is 0 Å². The van der Waals surface area contributed by atoms with Crippen molar-refractivity contribution in [1.29, 1.82) is 0 Å². The Labute approximate surface area is 141 Å². The Morgan fingerprint density at radius 1 is 1.23 bits per heavy atom. The summed E-state index contributed by atoms with van der Waals surface area (Å²) in [4.78, 5) is 8.75. The van der Waals surface area contributed by atoms with Crippen molar-refractivity contribution in [3.63, 3.8) is 0 Å². The Morgan fingerprint density at radius 3 is 2.73 bits per heavy atom. The number of halogens is 2. The molecule has 1 aliphatic carbocycles. The van der Waals surface area contributed by atoms with Crippen molar-refractivity contribution in [3.05, 3.63) is 42.9 Å². The number of para-hydroxylation sites is 1. The summed E-state index contributed by atoms with van der Waals surface area (Å²) in [5, 5.41) is 6.32. The summed E-state index contributed by atoms with van der Waals surface area (Å²) in [6, 6.07) is 9.94. The normalized spacial score (nSPS) is 19.5. The van der Waals surface area contributed by atoms with Gasteiger partial charge in [0, 0.05) is 11.7 Å². The zero-order valence-electron chi connectivity index (χ0n) is 11.5. The van der Waals surface area contributed by atoms with Crippen molar-refractivity contribution in [2.45, 2.75) is 15.8 Å². The van der Waals surface area contributed by atoms with Crippen LogP contribution in [0.25, 0.3) is 16.7 Å². The molecule has 7 heteroatoms. The molecule has 0 spiro atoms. The van der Waals surface area contributed by atoms with Gasteiger partial charge in [0.2, 0.25) is 0 Å². The van der Waals surface area contributed by atoms with E-state index in [2.05, 4.69) is 15.1 Å². The Hall–Kier alpha value is -1.30. The highest BCUT2D eigenvalue weighted by Crippen LogP contribution is 2.54. The van der Waals surface area contributed by atoms with Gasteiger partial charge in [-0.15, -0.1) is 35.0 Å². The van der Waals surface area contributed by atoms with E-state index >= 15 is 0 Å². The van der Waals surface area contributed by atoms with Crippen LogP contribution in [0.3, 0.4) is 0 Å². The quantitative estimate of drug-likeness (QED) is 0.403. The average Bonchev–Trinajstić information content (AvgIpc) is 2.95. The van der Waals surface area contributed by atoms with Gasteiger partial charge in [-0.2, -0.15) is 5.10 Å². The van der Waals surface area contributed by atoms with E-state index in [-0.39, 0.29) is 0 Å². The van der Waals surface area contributed by atoms with E-state index in [9.17, 15) is 0 Å². The number of thioether (sulfide) groups is 1. The van der Waals surface area contributed by atoms with Gasteiger partial charge in [-0.25, -0.2) is 14.6 Å². The van der Waals surface area contributed by atoms with E-state index in [1.807, 2.05) is 41.2 Å². The first kappa shape index (κ1) is 14.3. The molecule has 1 unspecified atom stereocenters. The monoisotopic (exact) mass is 350 g/mol. The Morgan fingerprint density at radius 2 is 2.00 bits per heavy atom. The molecule has 0 saturated heterocycles. The molecular formula is C15H12Cl2N4S. The maximum absolute atomic E-state index is 6.08. The highest BCUT2D eigenvalue weighted by atomic mass is 35.5. The molecule has 112 valence electrons. The van der Waals surface area contributed by atoms with Gasteiger partial charge >= 0.3 is 0 Å². The van der Waals surface area contributed by atoms with Crippen LogP contribution in [0, 0.1) is 5.92 Å². The van der Waals surface area contributed by atoms with Crippen molar-refractivity contribution < 1.29 is 0 Å². The minimum absolute atomic E-state index is 0.329. The Balaban J connectivity index is 1.65. The van der Waals surface area contributed by atoms with Gasteiger partial charge in [0.15, 0.2) is 5.65 Å². The lowest BCUT2D eigenvalue weighted by Gasteiger charge is -2.04. The first-order valence-electron chi connectivity index (χ1n) is 6.90. The number of fused-ring (bicyclic) bond motifs is 1. The molecule has 2 aromatic heterocycles. The highest BCUT2D eigenvalue weighted by Gasteiger charge is 2.51. The lowest BCUT2D eigenvalue weighted by atomic mass is 10.3. The van der Waals surface area contributed by atoms with Crippen molar-refractivity contribution in [1.82, 2.24) is 19.7 Å². The molecule has 22 heavy (non-hydrogen) atoms. The molecule has 1 saturated carbocycles. The van der Waals surface area contributed by atoms with Crippen LogP contribution in [0.5, 0.6) is 0 Å². The summed E-state index contributed by atoms with van der Waals surface area (Å²) >= 11 is 13.8. The molecule has 3 aromatic rings. The van der Waals surface area contributed by atoms with Crippen LogP contribution in [0.1, 0.15) is 6.42 Å². The van der Waals surface area contributed by atoms with Crippen LogP contribution in [0.2, 0.25) is 0 Å². The molecule has 4 nitrogen and oxygen atoms in total. The molecule has 0 N–H and O–H groups in total. The van der Waals surface area contributed by atoms with Crippen LogP contribution < -0.4 is 0 Å². The zero-order valence-corrected chi connectivity index (χ0v) is 13.8. The SMILES string of the molecule is ClC1(Cl)CC1CSc1ncnc2c1cnn2-c1ccccc1. The molecular weight excluding hydrogens is 339 g/mol. The lowest BCUT2D eigenvalue weighted by molar-refractivity contribution is 0.893. The van der Waals surface area contributed by atoms with E-state index in [1.54, 1.807) is 18.1 Å². The van der Waals surface area contributed by atoms with Gasteiger partial charge in [0.25, 0.3) is 0 Å². The van der Waals surface area contributed by atoms with E-state index in [1.165, 1.54) is 0 Å². The lowest BCUT2D eigenvalue weighted by Crippen LogP contribution is -1.98. The molecule has 1 aromatic carbocycles. The number of rotatable bonds is 4. The molecule has 4 rings (SSSR count). The number of alkyl halides is 2. The third-order valence-electron chi connectivity index (χ3n) is 3.71. The van der Waals surface area contributed by atoms with Crippen LogP contribution >= 0.6 is 35.0 Å². The van der Waals surface area contributed by atoms with Crippen LogP contribution in [0.15, 0.2) is 47.9 Å². The van der Waals surface area contributed by atoms with Gasteiger partial charge in [-0.05, 0) is 18.6 Å². The highest BCUT2D eigenvalue weighted by molar-refractivity contribution is 7.99. The van der Waals surface area contributed by atoms with Gasteiger partial charge in [0.1, 0.15) is 15.7 Å². The van der Waals surface area contributed by atoms with Crippen molar-refractivity contribution in [2.75, 3.05) is 5.75 Å². The molecule has 1 aliphatic rings. The maximum Gasteiger partial charge on any atom is 0.167 e. The number of hydrogen-bond acceptors (Lipinski definition) is 4. The molecule has 0 bridgehead atoms. The molecule has 0 amide bonds. The second kappa shape index (κ2) is 5.41. The van der Waals surface area contributed by atoms with Crippen LogP contribution in [-0.2, 0) is 0 Å². The van der Waals surface area contributed by atoms with Crippen LogP contribution in [0.4, 0.5) is 0 Å². The summed E-state index contributed by atoms with van der Waals surface area (Å²) in [5.41, 5.74) is 1.79. The largest absolute Gasteiger partial charge is 0.229 e. The van der Waals surface area contributed by atoms with Gasteiger partial charge in [0.05, 0.1) is 17.3 Å². The maximum atomic E-state index is 6.08. The minimum Gasteiger partial charge on any atom is -0.229 e. The smallest absolute Gasteiger partial charge is 0.167 e. The van der Waals surface area contributed by atoms with Crippen molar-refractivity contribution in [3.8, 4) is 5.69 Å². The third kappa shape index (κ3) is 2.57. The fraction of sp³-hybridized carbons (Fsp3) is 0.267. The molecule has 0 radical (unpaired) electrons. The number of aromatic nitrogens is 4. The van der Waals surface area contributed by atoms with E-state index < -0.39 is 4.33 Å². The summed E-state index contributed by atoms with van der Waals surface area (Å²) in [6.07, 6.45) is 4.24. The first-order chi connectivity index (χ1) is 10.6. The molecule has 1 atom stereocenters. The van der Waals surface area contributed by atoms with Gasteiger partial charge in [-0.1, -0.05) is 18.2 Å². The first-order valence-corrected chi connectivity index (χ1v) is 8.64. The fourth-order valence-electron chi connectivity index (χ4n) is 2.33. The zero-order chi connectivity index (χ0) is 15.2. The summed E-state index contributed by atoms with van der Waals surface area (Å²) in [7, 11) is 0. The topological polar surface area (TPSA) is 43.6 Å². The standard InChI is InChI=1S/C15H12Cl2N4S/c16-15(17)6-10(15)8-22-14-12-7-20-21(13(12)18-9-19-14)11-4-2-1-3-5-11/h1-5,7,9-10H,6,8H2. The number of nitrogens with zero attached hydrogens (tertiary/aromatic N) is 4. The van der Waals surface area contributed by atoms with Gasteiger partial charge < -0.3 is 0 Å². The second-order valence-corrected chi connectivity index (χ2v) is 7.83. The van der Waals surface area contributed by atoms with E-state index in [0.717, 1.165) is 33.9 Å². The van der Waals surface area contributed by atoms with Crippen molar-refractivity contribution >= 4 is 46.0 Å². The second-order valence-electron chi connectivity index (χ2n) is 5.28. The van der Waals surface area contributed by atoms with Crippen molar-refractivity contribution in [2.24, 2.45) is 5.92 Å². The minimum atomic E-state index is -0.548. The molecule has 2 heterocycles. The van der Waals surface area contributed by atoms with E-state index in [0.29, 0.717) is 5.92 Å². The fourth-order valence-corrected chi connectivity index (χ4v) is 4.22. The number of hydrogen-bond donors (Lipinski definition) is 0. The Bertz CT molecular complexity index is 819. The van der Waals surface area contributed by atoms with Crippen LogP contribution in [-0.4, -0.2) is 29.8 Å². The summed E-state index contributed by atoms with van der Waals surface area (Å²) in [5.74, 6) is 1.19. The predicted molar refractivity (Wildman–Crippen MR) is 89.9 cm³/mol. The number of benzene rings is 1. The molecule has 1 fully saturated rings. The average molecular weight is 351 g/mol. The summed E-state index contributed by atoms with van der Waals surface area (Å²) in [6.45, 7) is 0. The Kier molecular flexibility index (Phi) is 3.51. The summed E-state index contributed by atoms with van der Waals surface area (Å²) < 4.78 is 1.28. The predicted octanol–water partition coefficient (Wildman–Crippen LogP) is 4.10. The molecule has 0 aliphatic heterocycles.